The summed E-state index contributed by atoms with van der Waals surface area (Å²) in [6, 6.07) is 10.3. The first kappa shape index (κ1) is 10.9. The molecule has 0 saturated carbocycles. The number of amides is 1. The van der Waals surface area contributed by atoms with Crippen molar-refractivity contribution in [3.8, 4) is 0 Å². The Morgan fingerprint density at radius 1 is 1.31 bits per heavy atom. The van der Waals surface area contributed by atoms with Crippen LogP contribution in [-0.4, -0.2) is 12.5 Å². The number of nitrogens with one attached hydrogen (secondary N) is 1. The van der Waals surface area contributed by atoms with E-state index in [-0.39, 0.29) is 11.8 Å². The lowest BCUT2D eigenvalue weighted by molar-refractivity contribution is -0.117. The fraction of sp³-hybridized carbons (Fsp3) is 0.357. The van der Waals surface area contributed by atoms with Crippen molar-refractivity contribution in [2.45, 2.75) is 25.7 Å². The fourth-order valence-corrected chi connectivity index (χ4v) is 2.29. The molecule has 16 heavy (non-hydrogen) atoms. The molecule has 0 aromatic heterocycles. The van der Waals surface area contributed by atoms with Crippen LogP contribution < -0.4 is 5.32 Å². The Hall–Kier alpha value is -1.57. The summed E-state index contributed by atoms with van der Waals surface area (Å²) in [7, 11) is 0. The molecule has 1 N–H and O–H groups in total. The molecule has 0 spiro atoms. The Morgan fingerprint density at radius 3 is 2.75 bits per heavy atom. The lowest BCUT2D eigenvalue weighted by Crippen LogP contribution is -2.24. The van der Waals surface area contributed by atoms with Gasteiger partial charge >= 0.3 is 0 Å². The van der Waals surface area contributed by atoms with Crippen LogP contribution in [0, 0.1) is 0 Å². The Balaban J connectivity index is 2.34. The quantitative estimate of drug-likeness (QED) is 0.717. The van der Waals surface area contributed by atoms with Gasteiger partial charge in [-0.2, -0.15) is 0 Å². The maximum absolute atomic E-state index is 11.8. The van der Waals surface area contributed by atoms with Crippen LogP contribution in [0.15, 0.2) is 42.0 Å². The van der Waals surface area contributed by atoms with E-state index < -0.39 is 0 Å². The van der Waals surface area contributed by atoms with Gasteiger partial charge in [0.1, 0.15) is 0 Å². The van der Waals surface area contributed by atoms with E-state index >= 15 is 0 Å². The molecule has 1 fully saturated rings. The molecule has 1 amide bonds. The van der Waals surface area contributed by atoms with Crippen LogP contribution in [0.25, 0.3) is 0 Å². The minimum Gasteiger partial charge on any atom is -0.352 e. The van der Waals surface area contributed by atoms with Gasteiger partial charge in [-0.05, 0) is 25.3 Å². The van der Waals surface area contributed by atoms with E-state index in [0.717, 1.165) is 25.0 Å². The second-order valence-corrected chi connectivity index (χ2v) is 4.11. The van der Waals surface area contributed by atoms with Crippen LogP contribution in [0.3, 0.4) is 0 Å². The summed E-state index contributed by atoms with van der Waals surface area (Å²) in [5, 5.41) is 2.94. The number of benzene rings is 1. The van der Waals surface area contributed by atoms with Gasteiger partial charge in [0.2, 0.25) is 5.91 Å². The first-order chi connectivity index (χ1) is 7.83. The highest BCUT2D eigenvalue weighted by molar-refractivity contribution is 5.95. The van der Waals surface area contributed by atoms with E-state index in [4.69, 9.17) is 0 Å². The van der Waals surface area contributed by atoms with Crippen molar-refractivity contribution in [2.24, 2.45) is 0 Å². The smallest absolute Gasteiger partial charge is 0.247 e. The Bertz CT molecular complexity index is 394. The third-order valence-corrected chi connectivity index (χ3v) is 3.11. The van der Waals surface area contributed by atoms with Gasteiger partial charge in [0.15, 0.2) is 0 Å². The van der Waals surface area contributed by atoms with Crippen LogP contribution in [0.4, 0.5) is 0 Å². The van der Waals surface area contributed by atoms with E-state index in [1.807, 2.05) is 31.2 Å². The molecule has 0 radical (unpaired) electrons. The topological polar surface area (TPSA) is 29.1 Å². The Morgan fingerprint density at radius 2 is 2.06 bits per heavy atom. The number of hydrogen-bond acceptors (Lipinski definition) is 1. The van der Waals surface area contributed by atoms with Crippen LogP contribution in [0.5, 0.6) is 0 Å². The van der Waals surface area contributed by atoms with Gasteiger partial charge in [0.05, 0.1) is 0 Å². The van der Waals surface area contributed by atoms with Gasteiger partial charge in [0, 0.05) is 18.0 Å². The van der Waals surface area contributed by atoms with E-state index in [1.54, 1.807) is 0 Å². The van der Waals surface area contributed by atoms with Crippen molar-refractivity contribution in [3.05, 3.63) is 47.5 Å². The molecule has 2 nitrogen and oxygen atoms in total. The average Bonchev–Trinajstić information content (AvgIpc) is 2.52. The molecule has 2 rings (SSSR count). The van der Waals surface area contributed by atoms with Crippen LogP contribution in [0.1, 0.15) is 31.2 Å². The fourth-order valence-electron chi connectivity index (χ4n) is 2.29. The Labute approximate surface area is 96.4 Å². The summed E-state index contributed by atoms with van der Waals surface area (Å²) in [5.74, 6) is 0.350. The molecule has 1 aromatic rings. The van der Waals surface area contributed by atoms with Gasteiger partial charge < -0.3 is 5.32 Å². The summed E-state index contributed by atoms with van der Waals surface area (Å²) < 4.78 is 0. The zero-order chi connectivity index (χ0) is 11.4. The second kappa shape index (κ2) is 4.97. The van der Waals surface area contributed by atoms with Crippen molar-refractivity contribution in [3.63, 3.8) is 0 Å². The first-order valence-corrected chi connectivity index (χ1v) is 5.82. The summed E-state index contributed by atoms with van der Waals surface area (Å²) in [6.07, 6.45) is 4.03. The van der Waals surface area contributed by atoms with Crippen molar-refractivity contribution in [2.75, 3.05) is 6.54 Å². The molecule has 1 aliphatic heterocycles. The monoisotopic (exact) mass is 215 g/mol. The molecule has 1 unspecified atom stereocenters. The molecule has 0 bridgehead atoms. The summed E-state index contributed by atoms with van der Waals surface area (Å²) in [5.41, 5.74) is 2.15. The Kier molecular flexibility index (Phi) is 3.40. The van der Waals surface area contributed by atoms with E-state index in [2.05, 4.69) is 17.4 Å². The molecular weight excluding hydrogens is 198 g/mol. The molecule has 1 atom stereocenters. The number of allylic oxidation sites excluding steroid dienone is 1. The highest BCUT2D eigenvalue weighted by atomic mass is 16.1. The van der Waals surface area contributed by atoms with Crippen LogP contribution >= 0.6 is 0 Å². The van der Waals surface area contributed by atoms with Crippen molar-refractivity contribution in [1.29, 1.82) is 0 Å². The van der Waals surface area contributed by atoms with Gasteiger partial charge in [-0.3, -0.25) is 4.79 Å². The minimum absolute atomic E-state index is 0.0915. The molecule has 84 valence electrons. The summed E-state index contributed by atoms with van der Waals surface area (Å²) in [4.78, 5) is 11.8. The van der Waals surface area contributed by atoms with Crippen molar-refractivity contribution >= 4 is 5.91 Å². The van der Waals surface area contributed by atoms with Crippen LogP contribution in [0.2, 0.25) is 0 Å². The zero-order valence-electron chi connectivity index (χ0n) is 9.57. The predicted octanol–water partition coefficient (Wildman–Crippen LogP) is 2.63. The normalized spacial score (nSPS) is 23.9. The maximum Gasteiger partial charge on any atom is 0.247 e. The number of carbonyl (C=O) groups excluding carboxylic acids is 1. The van der Waals surface area contributed by atoms with Gasteiger partial charge in [-0.25, -0.2) is 0 Å². The van der Waals surface area contributed by atoms with Gasteiger partial charge in [-0.1, -0.05) is 36.4 Å². The standard InChI is InChI=1S/C14H17NO/c1-2-12-13(9-6-10-15-14(12)16)11-7-4-3-5-8-11/h2-5,7-8,13H,6,9-10H2,1H3,(H,15,16)/b12-2+. The molecule has 2 heteroatoms. The summed E-state index contributed by atoms with van der Waals surface area (Å²) in [6.45, 7) is 2.73. The largest absolute Gasteiger partial charge is 0.352 e. The maximum atomic E-state index is 11.8. The van der Waals surface area contributed by atoms with E-state index in [9.17, 15) is 4.79 Å². The number of carbonyl (C=O) groups is 1. The summed E-state index contributed by atoms with van der Waals surface area (Å²) >= 11 is 0. The number of rotatable bonds is 1. The number of hydrogen-bond donors (Lipinski definition) is 1. The van der Waals surface area contributed by atoms with Crippen molar-refractivity contribution in [1.82, 2.24) is 5.32 Å². The van der Waals surface area contributed by atoms with Gasteiger partial charge in [0.25, 0.3) is 0 Å². The zero-order valence-corrected chi connectivity index (χ0v) is 9.57. The molecule has 1 aromatic carbocycles. The third kappa shape index (κ3) is 2.16. The molecule has 1 saturated heterocycles. The minimum atomic E-state index is 0.0915. The lowest BCUT2D eigenvalue weighted by Gasteiger charge is -2.16. The van der Waals surface area contributed by atoms with Gasteiger partial charge in [-0.15, -0.1) is 0 Å². The highest BCUT2D eigenvalue weighted by Crippen LogP contribution is 2.30. The second-order valence-electron chi connectivity index (χ2n) is 4.11. The molecule has 1 aliphatic rings. The van der Waals surface area contributed by atoms with Crippen molar-refractivity contribution < 1.29 is 4.79 Å². The SMILES string of the molecule is C/C=C1/C(=O)NCCCC1c1ccccc1. The van der Waals surface area contributed by atoms with Crippen LogP contribution in [-0.2, 0) is 4.79 Å². The third-order valence-electron chi connectivity index (χ3n) is 3.11. The molecule has 1 heterocycles. The predicted molar refractivity (Wildman–Crippen MR) is 65.2 cm³/mol. The lowest BCUT2D eigenvalue weighted by atomic mass is 9.87. The van der Waals surface area contributed by atoms with E-state index in [0.29, 0.717) is 0 Å². The first-order valence-electron chi connectivity index (χ1n) is 5.82. The molecule has 0 aliphatic carbocycles. The van der Waals surface area contributed by atoms with E-state index in [1.165, 1.54) is 5.56 Å². The highest BCUT2D eigenvalue weighted by Gasteiger charge is 2.23. The average molecular weight is 215 g/mol. The molecular formula is C14H17NO.